The molecule has 1 atom stereocenters. The number of nitrogens with two attached hydrogens (primary N) is 1. The van der Waals surface area contributed by atoms with Crippen LogP contribution in [0.1, 0.15) is 34.5 Å². The molecule has 2 heterocycles. The maximum absolute atomic E-state index is 12.8. The van der Waals surface area contributed by atoms with E-state index in [1.165, 1.54) is 11.1 Å². The minimum absolute atomic E-state index is 0.0987. The number of amides is 1. The van der Waals surface area contributed by atoms with Gasteiger partial charge in [0.2, 0.25) is 0 Å². The van der Waals surface area contributed by atoms with Crippen molar-refractivity contribution in [3.8, 4) is 5.75 Å². The van der Waals surface area contributed by atoms with Gasteiger partial charge in [-0.2, -0.15) is 0 Å². The van der Waals surface area contributed by atoms with Crippen LogP contribution in [0.2, 0.25) is 5.02 Å². The van der Waals surface area contributed by atoms with Crippen molar-refractivity contribution in [3.63, 3.8) is 0 Å². The highest BCUT2D eigenvalue weighted by atomic mass is 35.5. The number of thioether (sulfide) groups is 1. The summed E-state index contributed by atoms with van der Waals surface area (Å²) >= 11 is 7.77. The summed E-state index contributed by atoms with van der Waals surface area (Å²) in [7, 11) is 0. The lowest BCUT2D eigenvalue weighted by atomic mass is 10.0. The minimum Gasteiger partial charge on any atom is -0.482 e. The molecule has 5 nitrogen and oxygen atoms in total. The zero-order valence-electron chi connectivity index (χ0n) is 15.8. The number of pyridine rings is 1. The molecule has 7 heteroatoms. The van der Waals surface area contributed by atoms with Gasteiger partial charge in [-0.1, -0.05) is 29.8 Å². The minimum atomic E-state index is -0.299. The van der Waals surface area contributed by atoms with Crippen molar-refractivity contribution in [1.82, 2.24) is 4.98 Å². The van der Waals surface area contributed by atoms with Gasteiger partial charge < -0.3 is 15.8 Å². The SMILES string of the molecule is C[C@@H](Oc1cc(Cl)cnc1N)c1cccc(NC(=O)c2cccc3c2CCS3)c1. The molecule has 0 unspecified atom stereocenters. The Morgan fingerprint density at radius 3 is 2.97 bits per heavy atom. The van der Waals surface area contributed by atoms with Crippen molar-refractivity contribution in [2.24, 2.45) is 0 Å². The van der Waals surface area contributed by atoms with Crippen LogP contribution in [0.5, 0.6) is 5.75 Å². The van der Waals surface area contributed by atoms with E-state index >= 15 is 0 Å². The van der Waals surface area contributed by atoms with Crippen LogP contribution in [0.25, 0.3) is 0 Å². The number of aromatic nitrogens is 1. The Hall–Kier alpha value is -2.70. The van der Waals surface area contributed by atoms with E-state index in [0.29, 0.717) is 16.5 Å². The molecule has 148 valence electrons. The van der Waals surface area contributed by atoms with Crippen molar-refractivity contribution in [2.75, 3.05) is 16.8 Å². The molecular weight excluding hydrogens is 406 g/mol. The molecule has 0 bridgehead atoms. The number of nitrogens with zero attached hydrogens (tertiary/aromatic N) is 1. The first-order chi connectivity index (χ1) is 14.0. The molecule has 0 fully saturated rings. The summed E-state index contributed by atoms with van der Waals surface area (Å²) in [5, 5.41) is 3.46. The number of carbonyl (C=O) groups is 1. The quantitative estimate of drug-likeness (QED) is 0.575. The topological polar surface area (TPSA) is 77.2 Å². The predicted molar refractivity (Wildman–Crippen MR) is 118 cm³/mol. The van der Waals surface area contributed by atoms with Gasteiger partial charge in [0.1, 0.15) is 6.10 Å². The summed E-state index contributed by atoms with van der Waals surface area (Å²) in [4.78, 5) is 18.0. The molecule has 2 aromatic carbocycles. The van der Waals surface area contributed by atoms with Gasteiger partial charge in [0.15, 0.2) is 11.6 Å². The maximum atomic E-state index is 12.8. The van der Waals surface area contributed by atoms with Crippen LogP contribution < -0.4 is 15.8 Å². The molecule has 0 spiro atoms. The number of hydrogen-bond donors (Lipinski definition) is 2. The molecule has 1 amide bonds. The average Bonchev–Trinajstić information content (AvgIpc) is 3.19. The van der Waals surface area contributed by atoms with Gasteiger partial charge in [-0.25, -0.2) is 4.98 Å². The molecule has 3 N–H and O–H groups in total. The molecule has 0 radical (unpaired) electrons. The first-order valence-corrected chi connectivity index (χ1v) is 10.6. The Labute approximate surface area is 178 Å². The lowest BCUT2D eigenvalue weighted by Crippen LogP contribution is -2.14. The molecule has 4 rings (SSSR count). The number of hydrogen-bond acceptors (Lipinski definition) is 5. The lowest BCUT2D eigenvalue weighted by molar-refractivity contribution is 0.102. The molecular formula is C22H20ClN3O2S. The van der Waals surface area contributed by atoms with E-state index in [2.05, 4.69) is 16.4 Å². The van der Waals surface area contributed by atoms with E-state index in [9.17, 15) is 4.79 Å². The number of fused-ring (bicyclic) bond motifs is 1. The van der Waals surface area contributed by atoms with Crippen LogP contribution in [-0.2, 0) is 6.42 Å². The standard InChI is InChI=1S/C22H20ClN3O2S/c1-13(28-19-11-15(23)12-25-21(19)24)14-4-2-5-16(10-14)26-22(27)18-6-3-7-20-17(18)8-9-29-20/h2-7,10-13H,8-9H2,1H3,(H2,24,25)(H,26,27)/t13-/m1/s1. The highest BCUT2D eigenvalue weighted by Gasteiger charge is 2.19. The molecule has 1 aliphatic rings. The fourth-order valence-corrected chi connectivity index (χ4v) is 4.52. The fraction of sp³-hybridized carbons (Fsp3) is 0.182. The summed E-state index contributed by atoms with van der Waals surface area (Å²) in [6.07, 6.45) is 2.10. The molecule has 0 saturated heterocycles. The van der Waals surface area contributed by atoms with E-state index in [-0.39, 0.29) is 17.8 Å². The number of nitrogen functional groups attached to an aromatic ring is 1. The molecule has 29 heavy (non-hydrogen) atoms. The van der Waals surface area contributed by atoms with Gasteiger partial charge in [0, 0.05) is 34.2 Å². The van der Waals surface area contributed by atoms with E-state index in [1.807, 2.05) is 43.3 Å². The van der Waals surface area contributed by atoms with Crippen LogP contribution in [0, 0.1) is 0 Å². The van der Waals surface area contributed by atoms with Crippen molar-refractivity contribution < 1.29 is 9.53 Å². The molecule has 0 saturated carbocycles. The number of anilines is 2. The number of halogens is 1. The largest absolute Gasteiger partial charge is 0.482 e. The number of carbonyl (C=O) groups excluding carboxylic acids is 1. The average molecular weight is 426 g/mol. The molecule has 0 aliphatic carbocycles. The lowest BCUT2D eigenvalue weighted by Gasteiger charge is -2.17. The summed E-state index contributed by atoms with van der Waals surface area (Å²) in [6, 6.07) is 15.1. The smallest absolute Gasteiger partial charge is 0.255 e. The number of nitrogens with one attached hydrogen (secondary N) is 1. The Balaban J connectivity index is 1.51. The van der Waals surface area contributed by atoms with Gasteiger partial charge in [-0.15, -0.1) is 11.8 Å². The Morgan fingerprint density at radius 1 is 1.28 bits per heavy atom. The second-order valence-electron chi connectivity index (χ2n) is 6.76. The summed E-state index contributed by atoms with van der Waals surface area (Å²) < 4.78 is 5.93. The van der Waals surface area contributed by atoms with E-state index in [4.69, 9.17) is 22.1 Å². The Bertz CT molecular complexity index is 1070. The molecule has 1 aromatic heterocycles. The van der Waals surface area contributed by atoms with Crippen LogP contribution in [0.4, 0.5) is 11.5 Å². The Morgan fingerprint density at radius 2 is 2.10 bits per heavy atom. The third kappa shape index (κ3) is 4.33. The highest BCUT2D eigenvalue weighted by molar-refractivity contribution is 7.99. The van der Waals surface area contributed by atoms with Gasteiger partial charge in [-0.3, -0.25) is 4.79 Å². The summed E-state index contributed by atoms with van der Waals surface area (Å²) in [5.74, 6) is 1.63. The number of rotatable bonds is 5. The highest BCUT2D eigenvalue weighted by Crippen LogP contribution is 2.34. The number of benzene rings is 2. The van der Waals surface area contributed by atoms with Crippen LogP contribution in [0.3, 0.4) is 0 Å². The molecule has 3 aromatic rings. The van der Waals surface area contributed by atoms with Gasteiger partial charge in [-0.05, 0) is 48.7 Å². The maximum Gasteiger partial charge on any atom is 0.255 e. The van der Waals surface area contributed by atoms with Crippen molar-refractivity contribution in [3.05, 3.63) is 76.4 Å². The van der Waals surface area contributed by atoms with Crippen LogP contribution >= 0.6 is 23.4 Å². The third-order valence-corrected chi connectivity index (χ3v) is 6.06. The van der Waals surface area contributed by atoms with Gasteiger partial charge >= 0.3 is 0 Å². The second-order valence-corrected chi connectivity index (χ2v) is 8.33. The second kappa shape index (κ2) is 8.35. The zero-order chi connectivity index (χ0) is 20.4. The van der Waals surface area contributed by atoms with Crippen molar-refractivity contribution in [1.29, 1.82) is 0 Å². The predicted octanol–water partition coefficient (Wildman–Crippen LogP) is 5.36. The van der Waals surface area contributed by atoms with Crippen LogP contribution in [0.15, 0.2) is 59.6 Å². The fourth-order valence-electron chi connectivity index (χ4n) is 3.29. The zero-order valence-corrected chi connectivity index (χ0v) is 17.4. The first kappa shape index (κ1) is 19.6. The van der Waals surface area contributed by atoms with Crippen molar-refractivity contribution in [2.45, 2.75) is 24.3 Å². The monoisotopic (exact) mass is 425 g/mol. The van der Waals surface area contributed by atoms with E-state index < -0.39 is 0 Å². The number of ether oxygens (including phenoxy) is 1. The van der Waals surface area contributed by atoms with Crippen LogP contribution in [-0.4, -0.2) is 16.6 Å². The summed E-state index contributed by atoms with van der Waals surface area (Å²) in [5.41, 5.74) is 9.35. The van der Waals surface area contributed by atoms with Crippen molar-refractivity contribution >= 4 is 40.8 Å². The normalized spacial score (nSPS) is 13.6. The first-order valence-electron chi connectivity index (χ1n) is 9.25. The molecule has 1 aliphatic heterocycles. The van der Waals surface area contributed by atoms with Gasteiger partial charge in [0.25, 0.3) is 5.91 Å². The van der Waals surface area contributed by atoms with E-state index in [1.54, 1.807) is 17.8 Å². The van der Waals surface area contributed by atoms with Gasteiger partial charge in [0.05, 0.1) is 5.02 Å². The summed E-state index contributed by atoms with van der Waals surface area (Å²) in [6.45, 7) is 1.91. The van der Waals surface area contributed by atoms with E-state index in [0.717, 1.165) is 28.9 Å². The Kier molecular flexibility index (Phi) is 5.65. The third-order valence-electron chi connectivity index (χ3n) is 4.75.